The van der Waals surface area contributed by atoms with Crippen LogP contribution in [0.15, 0.2) is 36.5 Å². The molecule has 1 aromatic heterocycles. The predicted molar refractivity (Wildman–Crippen MR) is 140 cm³/mol. The topological polar surface area (TPSA) is 101 Å². The molecule has 4 rings (SSSR count). The zero-order chi connectivity index (χ0) is 28.9. The largest absolute Gasteiger partial charge is 0.497 e. The van der Waals surface area contributed by atoms with Crippen LogP contribution >= 0.6 is 0 Å². The number of hydrogen-bond donors (Lipinski definition) is 3. The van der Waals surface area contributed by atoms with Crippen molar-refractivity contribution in [3.63, 3.8) is 0 Å². The van der Waals surface area contributed by atoms with Gasteiger partial charge in [-0.2, -0.15) is 0 Å². The number of ether oxygens (including phenoxy) is 1. The van der Waals surface area contributed by atoms with Gasteiger partial charge in [0.15, 0.2) is 0 Å². The monoisotopic (exact) mass is 558 g/mol. The number of aromatic nitrogens is 1. The molecule has 0 bridgehead atoms. The Morgan fingerprint density at radius 3 is 2.55 bits per heavy atom. The summed E-state index contributed by atoms with van der Waals surface area (Å²) < 4.78 is 62.0. The molecule has 11 heteroatoms. The third-order valence-electron chi connectivity index (χ3n) is 7.53. The van der Waals surface area contributed by atoms with Crippen LogP contribution in [0.2, 0.25) is 0 Å². The van der Waals surface area contributed by atoms with Gasteiger partial charge in [0.05, 0.1) is 30.1 Å². The number of pyridine rings is 1. The third kappa shape index (κ3) is 6.20. The van der Waals surface area contributed by atoms with Gasteiger partial charge in [0.1, 0.15) is 29.4 Å². The van der Waals surface area contributed by atoms with Crippen molar-refractivity contribution in [2.24, 2.45) is 11.1 Å². The maximum absolute atomic E-state index is 15.9. The number of likely N-dealkylation sites (tertiary alicyclic amines) is 1. The maximum atomic E-state index is 15.9. The molecule has 1 amide bonds. The second kappa shape index (κ2) is 12.6. The highest BCUT2D eigenvalue weighted by atomic mass is 19.1. The van der Waals surface area contributed by atoms with Crippen LogP contribution in [0.3, 0.4) is 0 Å². The molecule has 3 aromatic rings. The fourth-order valence-corrected chi connectivity index (χ4v) is 5.19. The van der Waals surface area contributed by atoms with Crippen molar-refractivity contribution in [3.8, 4) is 17.6 Å². The minimum absolute atomic E-state index is 0.000328. The number of methoxy groups -OCH3 is 1. The summed E-state index contributed by atoms with van der Waals surface area (Å²) in [5.41, 5.74) is 7.63. The molecule has 0 radical (unpaired) electrons. The van der Waals surface area contributed by atoms with Crippen LogP contribution in [-0.4, -0.2) is 47.7 Å². The minimum Gasteiger partial charge on any atom is -0.497 e. The van der Waals surface area contributed by atoms with E-state index in [1.165, 1.54) is 7.11 Å². The van der Waals surface area contributed by atoms with Gasteiger partial charge in [0, 0.05) is 48.9 Å². The van der Waals surface area contributed by atoms with Crippen LogP contribution in [-0.2, 0) is 11.3 Å². The van der Waals surface area contributed by atoms with Gasteiger partial charge < -0.3 is 10.5 Å². The number of nitrogens with zero attached hydrogens (tertiary/aromatic N) is 2. The van der Waals surface area contributed by atoms with Crippen LogP contribution in [0.25, 0.3) is 10.9 Å². The van der Waals surface area contributed by atoms with Crippen LogP contribution in [0, 0.1) is 34.7 Å². The van der Waals surface area contributed by atoms with Crippen molar-refractivity contribution in [1.82, 2.24) is 15.4 Å². The molecule has 1 aliphatic heterocycles. The van der Waals surface area contributed by atoms with E-state index in [-0.39, 0.29) is 25.9 Å². The molecule has 2 aromatic carbocycles. The lowest BCUT2D eigenvalue weighted by atomic mass is 9.73. The number of hydroxylamine groups is 1. The molecule has 1 saturated heterocycles. The lowest BCUT2D eigenvalue weighted by molar-refractivity contribution is -0.143. The van der Waals surface area contributed by atoms with E-state index in [2.05, 4.69) is 16.8 Å². The van der Waals surface area contributed by atoms with Gasteiger partial charge in [-0.25, -0.2) is 23.0 Å². The number of fused-ring (bicyclic) bond motifs is 1. The molecule has 4 N–H and O–H groups in total. The first kappa shape index (κ1) is 29.3. The molecule has 212 valence electrons. The van der Waals surface area contributed by atoms with E-state index in [4.69, 9.17) is 10.5 Å². The van der Waals surface area contributed by atoms with Crippen LogP contribution in [0.5, 0.6) is 5.75 Å². The summed E-state index contributed by atoms with van der Waals surface area (Å²) >= 11 is 0. The Hall–Kier alpha value is -3.72. The van der Waals surface area contributed by atoms with Crippen molar-refractivity contribution in [3.05, 3.63) is 70.7 Å². The fourth-order valence-electron chi connectivity index (χ4n) is 5.19. The summed E-state index contributed by atoms with van der Waals surface area (Å²) in [5.74, 6) is 1.85. The molecular weight excluding hydrogens is 528 g/mol. The SMILES string of the molecule is COc1ccc2ncc(CN)c([C@H](F)CCC3(C(=O)NO)CCN(CC#Cc4c(F)cc(F)cc4F)CC3)c2c1. The van der Waals surface area contributed by atoms with Crippen molar-refractivity contribution < 1.29 is 32.3 Å². The molecule has 2 heterocycles. The molecule has 0 aliphatic carbocycles. The van der Waals surface area contributed by atoms with Gasteiger partial charge in [0.25, 0.3) is 0 Å². The van der Waals surface area contributed by atoms with E-state index in [1.54, 1.807) is 29.9 Å². The lowest BCUT2D eigenvalue weighted by Gasteiger charge is -2.40. The fraction of sp³-hybridized carbons (Fsp3) is 0.379. The molecule has 1 atom stereocenters. The van der Waals surface area contributed by atoms with E-state index in [0.29, 0.717) is 65.8 Å². The van der Waals surface area contributed by atoms with E-state index in [0.717, 1.165) is 0 Å². The van der Waals surface area contributed by atoms with Gasteiger partial charge in [-0.3, -0.25) is 19.9 Å². The van der Waals surface area contributed by atoms with E-state index in [1.807, 2.05) is 4.90 Å². The number of nitrogens with one attached hydrogen (secondary N) is 1. The van der Waals surface area contributed by atoms with Gasteiger partial charge in [-0.1, -0.05) is 11.8 Å². The second-order valence-corrected chi connectivity index (χ2v) is 9.83. The number of carbonyl (C=O) groups excluding carboxylic acids is 1. The Labute approximate surface area is 229 Å². The molecule has 7 nitrogen and oxygen atoms in total. The molecule has 0 saturated carbocycles. The first-order chi connectivity index (χ1) is 19.2. The predicted octanol–water partition coefficient (Wildman–Crippen LogP) is 4.55. The highest BCUT2D eigenvalue weighted by Gasteiger charge is 2.41. The molecule has 40 heavy (non-hydrogen) atoms. The van der Waals surface area contributed by atoms with Crippen LogP contribution in [0.4, 0.5) is 17.6 Å². The van der Waals surface area contributed by atoms with Crippen LogP contribution in [0.1, 0.15) is 48.5 Å². The number of benzene rings is 2. The molecular formula is C29H30F4N4O3. The average Bonchev–Trinajstić information content (AvgIpc) is 2.96. The Morgan fingerprint density at radius 1 is 1.23 bits per heavy atom. The Morgan fingerprint density at radius 2 is 1.93 bits per heavy atom. The summed E-state index contributed by atoms with van der Waals surface area (Å²) in [6, 6.07) is 6.32. The quantitative estimate of drug-likeness (QED) is 0.162. The Kier molecular flexibility index (Phi) is 9.25. The average molecular weight is 559 g/mol. The van der Waals surface area contributed by atoms with E-state index in [9.17, 15) is 23.2 Å². The number of rotatable bonds is 8. The first-order valence-electron chi connectivity index (χ1n) is 12.8. The summed E-state index contributed by atoms with van der Waals surface area (Å²) in [7, 11) is 1.52. The maximum Gasteiger partial charge on any atom is 0.249 e. The third-order valence-corrected chi connectivity index (χ3v) is 7.53. The number of piperidine rings is 1. The zero-order valence-corrected chi connectivity index (χ0v) is 21.9. The van der Waals surface area contributed by atoms with E-state index < -0.39 is 40.5 Å². The van der Waals surface area contributed by atoms with Crippen molar-refractivity contribution in [2.45, 2.75) is 38.4 Å². The second-order valence-electron chi connectivity index (χ2n) is 9.83. The summed E-state index contributed by atoms with van der Waals surface area (Å²) in [4.78, 5) is 19.0. The normalized spacial score (nSPS) is 15.8. The number of amides is 1. The molecule has 0 spiro atoms. The zero-order valence-electron chi connectivity index (χ0n) is 21.9. The number of nitrogens with two attached hydrogens (primary N) is 1. The van der Waals surface area contributed by atoms with Crippen LogP contribution < -0.4 is 16.0 Å². The number of hydrogen-bond acceptors (Lipinski definition) is 6. The summed E-state index contributed by atoms with van der Waals surface area (Å²) in [6.45, 7) is 1.01. The van der Waals surface area contributed by atoms with Gasteiger partial charge >= 0.3 is 0 Å². The van der Waals surface area contributed by atoms with Gasteiger partial charge in [-0.05, 0) is 49.4 Å². The summed E-state index contributed by atoms with van der Waals surface area (Å²) in [5, 5.41) is 10.0. The molecule has 1 aliphatic rings. The first-order valence-corrected chi connectivity index (χ1v) is 12.8. The summed E-state index contributed by atoms with van der Waals surface area (Å²) in [6.07, 6.45) is 0.868. The number of halogens is 4. The van der Waals surface area contributed by atoms with Gasteiger partial charge in [0.2, 0.25) is 5.91 Å². The smallest absolute Gasteiger partial charge is 0.249 e. The standard InChI is InChI=1S/C29H30F4N4O3/c1-40-20-4-5-26-22(15-20)27(18(16-34)17-35-26)23(31)6-7-29(28(38)36-39)8-11-37(12-9-29)10-2-3-21-24(32)13-19(30)14-25(21)33/h4-5,13-15,17,23,39H,6-12,16,34H2,1H3,(H,36,38)/t23-/m1/s1. The number of carbonyl (C=O) groups is 1. The van der Waals surface area contributed by atoms with E-state index >= 15 is 4.39 Å². The Balaban J connectivity index is 1.47. The highest BCUT2D eigenvalue weighted by Crippen LogP contribution is 2.41. The Bertz CT molecular complexity index is 1420. The minimum atomic E-state index is -1.45. The molecule has 1 fully saturated rings. The van der Waals surface area contributed by atoms with Crippen molar-refractivity contribution >= 4 is 16.8 Å². The lowest BCUT2D eigenvalue weighted by Crippen LogP contribution is -2.48. The number of alkyl halides is 1. The highest BCUT2D eigenvalue weighted by molar-refractivity contribution is 5.85. The molecule has 0 unspecified atom stereocenters. The van der Waals surface area contributed by atoms with Gasteiger partial charge in [-0.15, -0.1) is 0 Å². The van der Waals surface area contributed by atoms with Crippen molar-refractivity contribution in [2.75, 3.05) is 26.7 Å². The van der Waals surface area contributed by atoms with Crippen molar-refractivity contribution in [1.29, 1.82) is 0 Å².